The number of carbonyl (C=O) groups is 1. The molecule has 0 heterocycles. The molecule has 3 nitrogen and oxygen atoms in total. The van der Waals surface area contributed by atoms with Gasteiger partial charge in [0, 0.05) is 21.6 Å². The number of nitrogen functional groups attached to an aromatic ring is 1. The van der Waals surface area contributed by atoms with Gasteiger partial charge < -0.3 is 11.1 Å². The quantitative estimate of drug-likeness (QED) is 0.807. The second-order valence-corrected chi connectivity index (χ2v) is 5.66. The molecule has 2 aromatic rings. The SMILES string of the molecule is Nc1ccccc1CCC(=O)Nc1cc(Cl)ccc1Br. The summed E-state index contributed by atoms with van der Waals surface area (Å²) in [7, 11) is 0. The van der Waals surface area contributed by atoms with Gasteiger partial charge in [0.25, 0.3) is 0 Å². The van der Waals surface area contributed by atoms with E-state index < -0.39 is 0 Å². The van der Waals surface area contributed by atoms with Crippen LogP contribution in [0, 0.1) is 0 Å². The molecule has 0 radical (unpaired) electrons. The second kappa shape index (κ2) is 6.77. The highest BCUT2D eigenvalue weighted by atomic mass is 79.9. The molecule has 0 fully saturated rings. The lowest BCUT2D eigenvalue weighted by atomic mass is 10.1. The smallest absolute Gasteiger partial charge is 0.224 e. The monoisotopic (exact) mass is 352 g/mol. The Hall–Kier alpha value is -1.52. The van der Waals surface area contributed by atoms with E-state index in [0.29, 0.717) is 29.2 Å². The Morgan fingerprint density at radius 3 is 2.75 bits per heavy atom. The summed E-state index contributed by atoms with van der Waals surface area (Å²) in [6, 6.07) is 12.8. The second-order valence-electron chi connectivity index (χ2n) is 4.37. The molecule has 0 spiro atoms. The maximum atomic E-state index is 11.9. The molecule has 20 heavy (non-hydrogen) atoms. The van der Waals surface area contributed by atoms with E-state index in [9.17, 15) is 4.79 Å². The van der Waals surface area contributed by atoms with Crippen LogP contribution in [0.3, 0.4) is 0 Å². The van der Waals surface area contributed by atoms with Crippen molar-refractivity contribution in [2.45, 2.75) is 12.8 Å². The van der Waals surface area contributed by atoms with Gasteiger partial charge in [0.1, 0.15) is 0 Å². The Kier molecular flexibility index (Phi) is 5.04. The van der Waals surface area contributed by atoms with Crippen LogP contribution in [-0.4, -0.2) is 5.91 Å². The van der Waals surface area contributed by atoms with Gasteiger partial charge in [0.05, 0.1) is 5.69 Å². The number of carbonyl (C=O) groups excluding carboxylic acids is 1. The van der Waals surface area contributed by atoms with Gasteiger partial charge in [-0.1, -0.05) is 29.8 Å². The van der Waals surface area contributed by atoms with Crippen LogP contribution in [0.15, 0.2) is 46.9 Å². The topological polar surface area (TPSA) is 55.1 Å². The molecule has 2 rings (SSSR count). The zero-order chi connectivity index (χ0) is 14.5. The van der Waals surface area contributed by atoms with E-state index in [4.69, 9.17) is 17.3 Å². The lowest BCUT2D eigenvalue weighted by Gasteiger charge is -2.09. The number of para-hydroxylation sites is 1. The molecule has 5 heteroatoms. The number of anilines is 2. The molecule has 0 aliphatic carbocycles. The molecule has 0 atom stereocenters. The summed E-state index contributed by atoms with van der Waals surface area (Å²) >= 11 is 9.28. The first-order valence-electron chi connectivity index (χ1n) is 6.14. The van der Waals surface area contributed by atoms with Crippen LogP contribution in [0.25, 0.3) is 0 Å². The fourth-order valence-corrected chi connectivity index (χ4v) is 2.33. The lowest BCUT2D eigenvalue weighted by Crippen LogP contribution is -2.13. The number of hydrogen-bond acceptors (Lipinski definition) is 2. The average molecular weight is 354 g/mol. The number of benzene rings is 2. The van der Waals surface area contributed by atoms with Crippen molar-refractivity contribution in [2.24, 2.45) is 0 Å². The molecule has 0 bridgehead atoms. The highest BCUT2D eigenvalue weighted by Gasteiger charge is 2.07. The van der Waals surface area contributed by atoms with Crippen LogP contribution in [0.5, 0.6) is 0 Å². The number of aryl methyl sites for hydroxylation is 1. The van der Waals surface area contributed by atoms with Crippen molar-refractivity contribution >= 4 is 44.8 Å². The molecule has 1 amide bonds. The van der Waals surface area contributed by atoms with E-state index >= 15 is 0 Å². The van der Waals surface area contributed by atoms with Crippen molar-refractivity contribution in [3.63, 3.8) is 0 Å². The maximum Gasteiger partial charge on any atom is 0.224 e. The first-order chi connectivity index (χ1) is 9.56. The van der Waals surface area contributed by atoms with Gasteiger partial charge in [-0.25, -0.2) is 0 Å². The van der Waals surface area contributed by atoms with Crippen LogP contribution < -0.4 is 11.1 Å². The average Bonchev–Trinajstić information content (AvgIpc) is 2.42. The number of halogens is 2. The Morgan fingerprint density at radius 2 is 2.00 bits per heavy atom. The third kappa shape index (κ3) is 3.99. The molecular weight excluding hydrogens is 340 g/mol. The highest BCUT2D eigenvalue weighted by molar-refractivity contribution is 9.10. The van der Waals surface area contributed by atoms with E-state index in [1.807, 2.05) is 24.3 Å². The van der Waals surface area contributed by atoms with Crippen LogP contribution in [0.4, 0.5) is 11.4 Å². The minimum absolute atomic E-state index is 0.0729. The molecule has 0 aliphatic rings. The predicted octanol–water partition coefficient (Wildman–Crippen LogP) is 4.26. The number of nitrogens with one attached hydrogen (secondary N) is 1. The zero-order valence-electron chi connectivity index (χ0n) is 10.7. The Bertz CT molecular complexity index is 631. The lowest BCUT2D eigenvalue weighted by molar-refractivity contribution is -0.116. The van der Waals surface area contributed by atoms with Crippen molar-refractivity contribution in [3.8, 4) is 0 Å². The van der Waals surface area contributed by atoms with Gasteiger partial charge in [-0.05, 0) is 52.2 Å². The Morgan fingerprint density at radius 1 is 1.25 bits per heavy atom. The minimum atomic E-state index is -0.0729. The number of rotatable bonds is 4. The van der Waals surface area contributed by atoms with Crippen molar-refractivity contribution in [1.82, 2.24) is 0 Å². The van der Waals surface area contributed by atoms with Gasteiger partial charge in [0.2, 0.25) is 5.91 Å². The van der Waals surface area contributed by atoms with E-state index in [2.05, 4.69) is 21.2 Å². The molecule has 0 aromatic heterocycles. The number of nitrogens with two attached hydrogens (primary N) is 1. The molecule has 2 aromatic carbocycles. The van der Waals surface area contributed by atoms with Crippen LogP contribution >= 0.6 is 27.5 Å². The van der Waals surface area contributed by atoms with Gasteiger partial charge in [0.15, 0.2) is 0 Å². The largest absolute Gasteiger partial charge is 0.399 e. The van der Waals surface area contributed by atoms with E-state index in [1.54, 1.807) is 18.2 Å². The molecule has 3 N–H and O–H groups in total. The van der Waals surface area contributed by atoms with Crippen molar-refractivity contribution in [1.29, 1.82) is 0 Å². The van der Waals surface area contributed by atoms with Crippen molar-refractivity contribution < 1.29 is 4.79 Å². The predicted molar refractivity (Wildman–Crippen MR) is 87.0 cm³/mol. The highest BCUT2D eigenvalue weighted by Crippen LogP contribution is 2.26. The first kappa shape index (κ1) is 14.9. The normalized spacial score (nSPS) is 10.3. The maximum absolute atomic E-state index is 11.9. The number of hydrogen-bond donors (Lipinski definition) is 2. The van der Waals surface area contributed by atoms with E-state index in [0.717, 1.165) is 10.0 Å². The molecule has 0 saturated carbocycles. The van der Waals surface area contributed by atoms with E-state index in [-0.39, 0.29) is 5.91 Å². The standard InChI is InChI=1S/C15H14BrClN2O/c16-12-7-6-11(17)9-14(12)19-15(20)8-5-10-3-1-2-4-13(10)18/h1-4,6-7,9H,5,8,18H2,(H,19,20). The fraction of sp³-hybridized carbons (Fsp3) is 0.133. The van der Waals surface area contributed by atoms with Crippen LogP contribution in [-0.2, 0) is 11.2 Å². The molecule has 0 unspecified atom stereocenters. The minimum Gasteiger partial charge on any atom is -0.399 e. The van der Waals surface area contributed by atoms with Crippen molar-refractivity contribution in [2.75, 3.05) is 11.1 Å². The summed E-state index contributed by atoms with van der Waals surface area (Å²) in [5.41, 5.74) is 8.21. The Balaban J connectivity index is 1.96. The fourth-order valence-electron chi connectivity index (χ4n) is 1.82. The van der Waals surface area contributed by atoms with Crippen molar-refractivity contribution in [3.05, 3.63) is 57.5 Å². The molecule has 0 saturated heterocycles. The van der Waals surface area contributed by atoms with Crippen LogP contribution in [0.2, 0.25) is 5.02 Å². The third-order valence-electron chi connectivity index (χ3n) is 2.88. The summed E-state index contributed by atoms with van der Waals surface area (Å²) in [6.45, 7) is 0. The van der Waals surface area contributed by atoms with E-state index in [1.165, 1.54) is 0 Å². The van der Waals surface area contributed by atoms with Gasteiger partial charge in [-0.2, -0.15) is 0 Å². The molecular formula is C15H14BrClN2O. The zero-order valence-corrected chi connectivity index (χ0v) is 13.0. The third-order valence-corrected chi connectivity index (χ3v) is 3.81. The first-order valence-corrected chi connectivity index (χ1v) is 7.31. The van der Waals surface area contributed by atoms with Crippen LogP contribution in [0.1, 0.15) is 12.0 Å². The summed E-state index contributed by atoms with van der Waals surface area (Å²) in [6.07, 6.45) is 0.976. The molecule has 0 aliphatic heterocycles. The summed E-state index contributed by atoms with van der Waals surface area (Å²) in [5, 5.41) is 3.41. The summed E-state index contributed by atoms with van der Waals surface area (Å²) < 4.78 is 0.800. The van der Waals surface area contributed by atoms with Gasteiger partial charge in [-0.15, -0.1) is 0 Å². The summed E-state index contributed by atoms with van der Waals surface area (Å²) in [4.78, 5) is 11.9. The Labute approximate surface area is 131 Å². The van der Waals surface area contributed by atoms with Gasteiger partial charge in [-0.3, -0.25) is 4.79 Å². The van der Waals surface area contributed by atoms with Gasteiger partial charge >= 0.3 is 0 Å². The number of amides is 1. The summed E-state index contributed by atoms with van der Waals surface area (Å²) in [5.74, 6) is -0.0729. The molecule has 104 valence electrons.